The van der Waals surface area contributed by atoms with Gasteiger partial charge >= 0.3 is 0 Å². The normalized spacial score (nSPS) is 16.1. The molecule has 1 aromatic carbocycles. The van der Waals surface area contributed by atoms with Crippen LogP contribution in [0.2, 0.25) is 0 Å². The Morgan fingerprint density at radius 3 is 2.76 bits per heavy atom. The molecule has 2 aromatic heterocycles. The van der Waals surface area contributed by atoms with Crippen molar-refractivity contribution in [3.63, 3.8) is 0 Å². The first-order valence-corrected chi connectivity index (χ1v) is 11.7. The van der Waals surface area contributed by atoms with Crippen molar-refractivity contribution in [1.29, 1.82) is 0 Å². The molecule has 0 saturated carbocycles. The largest absolute Gasteiger partial charge is 0.325 e. The van der Waals surface area contributed by atoms with Crippen molar-refractivity contribution in [2.24, 2.45) is 5.92 Å². The molecule has 0 radical (unpaired) electrons. The van der Waals surface area contributed by atoms with Crippen molar-refractivity contribution in [2.45, 2.75) is 52.1 Å². The number of nitrogens with zero attached hydrogens (tertiary/aromatic N) is 1. The quantitative estimate of drug-likeness (QED) is 0.465. The highest BCUT2D eigenvalue weighted by Gasteiger charge is 2.23. The molecular formula is C22H25N3O2S2. The Bertz CT molecular complexity index is 1140. The molecule has 0 aliphatic heterocycles. The van der Waals surface area contributed by atoms with Crippen LogP contribution < -0.4 is 10.9 Å². The minimum Gasteiger partial charge on any atom is -0.325 e. The first-order chi connectivity index (χ1) is 13.8. The Labute approximate surface area is 178 Å². The van der Waals surface area contributed by atoms with E-state index in [0.717, 1.165) is 46.3 Å². The zero-order chi connectivity index (χ0) is 20.7. The number of nitrogens with one attached hydrogen (secondary N) is 2. The summed E-state index contributed by atoms with van der Waals surface area (Å²) in [5, 5.41) is 4.24. The Kier molecular flexibility index (Phi) is 5.53. The first kappa shape index (κ1) is 20.2. The first-order valence-electron chi connectivity index (χ1n) is 9.87. The number of fused-ring (bicyclic) bond motifs is 3. The van der Waals surface area contributed by atoms with Crippen molar-refractivity contribution in [3.05, 3.63) is 49.6 Å². The molecule has 1 unspecified atom stereocenters. The molecular weight excluding hydrogens is 402 g/mol. The molecule has 152 valence electrons. The summed E-state index contributed by atoms with van der Waals surface area (Å²) in [6.45, 7) is 8.29. The number of aryl methyl sites for hydroxylation is 4. The van der Waals surface area contributed by atoms with Gasteiger partial charge in [-0.2, -0.15) is 0 Å². The van der Waals surface area contributed by atoms with Crippen LogP contribution in [0.25, 0.3) is 10.2 Å². The summed E-state index contributed by atoms with van der Waals surface area (Å²) in [4.78, 5) is 34.7. The van der Waals surface area contributed by atoms with Gasteiger partial charge in [-0.15, -0.1) is 11.3 Å². The van der Waals surface area contributed by atoms with Crippen LogP contribution in [-0.4, -0.2) is 21.6 Å². The smallest absolute Gasteiger partial charge is 0.260 e. The van der Waals surface area contributed by atoms with Gasteiger partial charge in [-0.25, -0.2) is 4.98 Å². The van der Waals surface area contributed by atoms with Gasteiger partial charge in [0, 0.05) is 10.6 Å². The zero-order valence-corrected chi connectivity index (χ0v) is 18.8. The number of aromatic nitrogens is 2. The number of benzene rings is 1. The van der Waals surface area contributed by atoms with Gasteiger partial charge in [0.2, 0.25) is 5.91 Å². The van der Waals surface area contributed by atoms with E-state index in [9.17, 15) is 9.59 Å². The number of carbonyl (C=O) groups excluding carboxylic acids is 1. The standard InChI is InChI=1S/C22H25N3O2S2/c1-11-5-6-15-16(9-11)29-21-18(15)20(27)24-22(25-21)28-10-17(26)23-19-13(3)7-12(2)8-14(19)4/h7-8,11H,5-6,9-10H2,1-4H3,(H,23,26)(H,24,25,27). The van der Waals surface area contributed by atoms with E-state index in [1.54, 1.807) is 11.3 Å². The van der Waals surface area contributed by atoms with E-state index in [0.29, 0.717) is 11.1 Å². The molecule has 0 fully saturated rings. The summed E-state index contributed by atoms with van der Waals surface area (Å²) in [5.41, 5.74) is 5.22. The average molecular weight is 428 g/mol. The van der Waals surface area contributed by atoms with Crippen molar-refractivity contribution in [1.82, 2.24) is 9.97 Å². The Morgan fingerprint density at radius 2 is 2.03 bits per heavy atom. The van der Waals surface area contributed by atoms with Crippen LogP contribution in [0, 0.1) is 26.7 Å². The number of amides is 1. The molecule has 0 bridgehead atoms. The summed E-state index contributed by atoms with van der Waals surface area (Å²) >= 11 is 2.90. The summed E-state index contributed by atoms with van der Waals surface area (Å²) in [5.74, 6) is 0.747. The fourth-order valence-corrected chi connectivity index (χ4v) is 6.19. The second-order valence-electron chi connectivity index (χ2n) is 8.01. The maximum atomic E-state index is 12.7. The minimum absolute atomic E-state index is 0.0878. The van der Waals surface area contributed by atoms with E-state index < -0.39 is 0 Å². The third-order valence-electron chi connectivity index (χ3n) is 5.43. The Balaban J connectivity index is 1.50. The third kappa shape index (κ3) is 4.12. The van der Waals surface area contributed by atoms with Crippen LogP contribution in [0.3, 0.4) is 0 Å². The highest BCUT2D eigenvalue weighted by atomic mass is 32.2. The molecule has 1 amide bonds. The molecule has 5 nitrogen and oxygen atoms in total. The predicted molar refractivity (Wildman–Crippen MR) is 121 cm³/mol. The SMILES string of the molecule is Cc1cc(C)c(NC(=O)CSc2nc3sc4c(c3c(=O)[nH]2)CCC(C)C4)c(C)c1. The minimum atomic E-state index is -0.105. The summed E-state index contributed by atoms with van der Waals surface area (Å²) < 4.78 is 0. The fraction of sp³-hybridized carbons (Fsp3) is 0.409. The van der Waals surface area contributed by atoms with Crippen LogP contribution in [0.1, 0.15) is 40.5 Å². The summed E-state index contributed by atoms with van der Waals surface area (Å²) in [6, 6.07) is 4.12. The lowest BCUT2D eigenvalue weighted by molar-refractivity contribution is -0.113. The Hall–Kier alpha value is -2.12. The number of thiophene rings is 1. The maximum Gasteiger partial charge on any atom is 0.260 e. The van der Waals surface area contributed by atoms with Gasteiger partial charge < -0.3 is 10.3 Å². The van der Waals surface area contributed by atoms with Crippen LogP contribution in [0.15, 0.2) is 22.1 Å². The summed E-state index contributed by atoms with van der Waals surface area (Å²) in [6.07, 6.45) is 3.09. The molecule has 3 aromatic rings. The molecule has 1 atom stereocenters. The number of carbonyl (C=O) groups is 1. The van der Waals surface area contributed by atoms with Gasteiger partial charge in [0.15, 0.2) is 5.16 Å². The number of aromatic amines is 1. The Morgan fingerprint density at radius 1 is 1.31 bits per heavy atom. The van der Waals surface area contributed by atoms with Crippen molar-refractivity contribution < 1.29 is 4.79 Å². The van der Waals surface area contributed by atoms with Gasteiger partial charge in [-0.3, -0.25) is 9.59 Å². The average Bonchev–Trinajstić information content (AvgIpc) is 3.00. The van der Waals surface area contributed by atoms with Crippen LogP contribution in [0.4, 0.5) is 5.69 Å². The second kappa shape index (κ2) is 7.95. The summed E-state index contributed by atoms with van der Waals surface area (Å²) in [7, 11) is 0. The van der Waals surface area contributed by atoms with Gasteiger partial charge in [0.1, 0.15) is 4.83 Å². The van der Waals surface area contributed by atoms with Crippen LogP contribution in [-0.2, 0) is 17.6 Å². The van der Waals surface area contributed by atoms with E-state index >= 15 is 0 Å². The third-order valence-corrected chi connectivity index (χ3v) is 7.45. The van der Waals surface area contributed by atoms with Gasteiger partial charge in [-0.05, 0) is 62.6 Å². The number of anilines is 1. The van der Waals surface area contributed by atoms with E-state index in [-0.39, 0.29) is 17.2 Å². The lowest BCUT2D eigenvalue weighted by Gasteiger charge is -2.17. The molecule has 4 rings (SSSR count). The number of thioether (sulfide) groups is 1. The number of H-pyrrole nitrogens is 1. The van der Waals surface area contributed by atoms with Crippen LogP contribution in [0.5, 0.6) is 0 Å². The highest BCUT2D eigenvalue weighted by Crippen LogP contribution is 2.36. The second-order valence-corrected chi connectivity index (χ2v) is 10.1. The molecule has 2 N–H and O–H groups in total. The molecule has 0 spiro atoms. The van der Waals surface area contributed by atoms with Gasteiger partial charge in [-0.1, -0.05) is 36.4 Å². The molecule has 2 heterocycles. The van der Waals surface area contributed by atoms with E-state index in [1.807, 2.05) is 20.8 Å². The molecule has 29 heavy (non-hydrogen) atoms. The number of hydrogen-bond donors (Lipinski definition) is 2. The molecule has 1 aliphatic rings. The molecule has 1 aliphatic carbocycles. The topological polar surface area (TPSA) is 74.8 Å². The monoisotopic (exact) mass is 427 g/mol. The molecule has 0 saturated heterocycles. The lowest BCUT2D eigenvalue weighted by Crippen LogP contribution is -2.17. The number of rotatable bonds is 4. The molecule has 7 heteroatoms. The maximum absolute atomic E-state index is 12.7. The van der Waals surface area contributed by atoms with Crippen molar-refractivity contribution >= 4 is 44.9 Å². The van der Waals surface area contributed by atoms with Crippen molar-refractivity contribution in [2.75, 3.05) is 11.1 Å². The zero-order valence-electron chi connectivity index (χ0n) is 17.1. The predicted octanol–water partition coefficient (Wildman–Crippen LogP) is 4.77. The van der Waals surface area contributed by atoms with Gasteiger partial charge in [0.25, 0.3) is 5.56 Å². The van der Waals surface area contributed by atoms with E-state index in [2.05, 4.69) is 34.3 Å². The fourth-order valence-electron chi connectivity index (χ4n) is 4.08. The highest BCUT2D eigenvalue weighted by molar-refractivity contribution is 7.99. The van der Waals surface area contributed by atoms with Crippen molar-refractivity contribution in [3.8, 4) is 0 Å². The van der Waals surface area contributed by atoms with Gasteiger partial charge in [0.05, 0.1) is 11.1 Å². The van der Waals surface area contributed by atoms with Crippen LogP contribution >= 0.6 is 23.1 Å². The lowest BCUT2D eigenvalue weighted by atomic mass is 9.89. The number of hydrogen-bond acceptors (Lipinski definition) is 5. The van der Waals surface area contributed by atoms with E-state index in [4.69, 9.17) is 0 Å². The van der Waals surface area contributed by atoms with E-state index in [1.165, 1.54) is 27.8 Å².